The smallest absolute Gasteiger partial charge is 0.135 e. The molecule has 0 aliphatic heterocycles. The van der Waals surface area contributed by atoms with Crippen molar-refractivity contribution < 1.29 is 0 Å². The number of H-pyrrole nitrogens is 1. The van der Waals surface area contributed by atoms with Crippen LogP contribution in [0.15, 0.2) is 30.3 Å². The maximum atomic E-state index is 5.86. The lowest BCUT2D eigenvalue weighted by Gasteiger charge is -1.97. The van der Waals surface area contributed by atoms with Crippen molar-refractivity contribution in [3.05, 3.63) is 30.3 Å². The van der Waals surface area contributed by atoms with Crippen molar-refractivity contribution >= 4 is 33.4 Å². The molecule has 2 heterocycles. The minimum Gasteiger partial charge on any atom is -0.384 e. The number of aromatic amines is 1. The molecule has 0 saturated heterocycles. The summed E-state index contributed by atoms with van der Waals surface area (Å²) in [6.07, 6.45) is 0. The highest BCUT2D eigenvalue weighted by Crippen LogP contribution is 2.29. The molecule has 5 N–H and O–H groups in total. The summed E-state index contributed by atoms with van der Waals surface area (Å²) in [4.78, 5) is 7.32. The fourth-order valence-electron chi connectivity index (χ4n) is 1.92. The molecule has 3 rings (SSSR count). The summed E-state index contributed by atoms with van der Waals surface area (Å²) >= 11 is 0. The lowest BCUT2D eigenvalue weighted by atomic mass is 10.2. The van der Waals surface area contributed by atoms with Gasteiger partial charge in [-0.3, -0.25) is 0 Å². The number of anilines is 2. The molecule has 0 fully saturated rings. The largest absolute Gasteiger partial charge is 0.384 e. The number of para-hydroxylation sites is 1. The maximum Gasteiger partial charge on any atom is 0.135 e. The van der Waals surface area contributed by atoms with Gasteiger partial charge in [0, 0.05) is 22.4 Å². The molecule has 0 spiro atoms. The number of hydrogen-bond donors (Lipinski definition) is 3. The SMILES string of the molecule is Nc1cc2[nH]c3ccccc3c2c(N)n1. The third-order valence-electron chi connectivity index (χ3n) is 2.53. The van der Waals surface area contributed by atoms with Gasteiger partial charge >= 0.3 is 0 Å². The summed E-state index contributed by atoms with van der Waals surface area (Å²) in [5.74, 6) is 0.911. The van der Waals surface area contributed by atoms with E-state index in [1.807, 2.05) is 24.3 Å². The highest BCUT2D eigenvalue weighted by atomic mass is 14.9. The fraction of sp³-hybridized carbons (Fsp3) is 0. The Morgan fingerprint density at radius 3 is 2.73 bits per heavy atom. The average molecular weight is 198 g/mol. The highest BCUT2D eigenvalue weighted by molar-refractivity contribution is 6.12. The number of nitrogens with one attached hydrogen (secondary N) is 1. The molecule has 4 heteroatoms. The Morgan fingerprint density at radius 2 is 1.87 bits per heavy atom. The van der Waals surface area contributed by atoms with E-state index in [4.69, 9.17) is 11.5 Å². The van der Waals surface area contributed by atoms with E-state index in [9.17, 15) is 0 Å². The molecule has 0 amide bonds. The van der Waals surface area contributed by atoms with E-state index in [0.29, 0.717) is 11.6 Å². The Kier molecular flexibility index (Phi) is 1.42. The van der Waals surface area contributed by atoms with Crippen molar-refractivity contribution in [2.24, 2.45) is 0 Å². The topological polar surface area (TPSA) is 80.7 Å². The van der Waals surface area contributed by atoms with Gasteiger partial charge in [-0.25, -0.2) is 4.98 Å². The summed E-state index contributed by atoms with van der Waals surface area (Å²) < 4.78 is 0. The zero-order valence-corrected chi connectivity index (χ0v) is 7.99. The van der Waals surface area contributed by atoms with Crippen LogP contribution in [0.5, 0.6) is 0 Å². The molecule has 4 nitrogen and oxygen atoms in total. The molecule has 0 aliphatic carbocycles. The monoisotopic (exact) mass is 198 g/mol. The van der Waals surface area contributed by atoms with Crippen LogP contribution in [-0.2, 0) is 0 Å². The first-order valence-corrected chi connectivity index (χ1v) is 4.68. The quantitative estimate of drug-likeness (QED) is 0.516. The Morgan fingerprint density at radius 1 is 1.07 bits per heavy atom. The Bertz CT molecular complexity index is 654. The van der Waals surface area contributed by atoms with Crippen molar-refractivity contribution in [1.82, 2.24) is 9.97 Å². The van der Waals surface area contributed by atoms with E-state index < -0.39 is 0 Å². The van der Waals surface area contributed by atoms with Gasteiger partial charge in [0.15, 0.2) is 0 Å². The lowest BCUT2D eigenvalue weighted by molar-refractivity contribution is 1.37. The van der Waals surface area contributed by atoms with Crippen LogP contribution in [-0.4, -0.2) is 9.97 Å². The molecular formula is C11H10N4. The summed E-state index contributed by atoms with van der Waals surface area (Å²) in [6.45, 7) is 0. The number of nitrogens with zero attached hydrogens (tertiary/aromatic N) is 1. The van der Waals surface area contributed by atoms with Gasteiger partial charge in [-0.05, 0) is 6.07 Å². The number of hydrogen-bond acceptors (Lipinski definition) is 3. The van der Waals surface area contributed by atoms with Crippen LogP contribution >= 0.6 is 0 Å². The van der Waals surface area contributed by atoms with Gasteiger partial charge in [0.25, 0.3) is 0 Å². The summed E-state index contributed by atoms with van der Waals surface area (Å²) in [5, 5.41) is 2.03. The Labute approximate surface area is 85.9 Å². The van der Waals surface area contributed by atoms with E-state index in [-0.39, 0.29) is 0 Å². The molecule has 74 valence electrons. The first-order valence-electron chi connectivity index (χ1n) is 4.68. The second kappa shape index (κ2) is 2.63. The molecule has 2 aromatic heterocycles. The predicted molar refractivity (Wildman–Crippen MR) is 62.4 cm³/mol. The molecule has 0 aliphatic rings. The van der Waals surface area contributed by atoms with Gasteiger partial charge in [0.05, 0.1) is 5.52 Å². The Hall–Kier alpha value is -2.23. The lowest BCUT2D eigenvalue weighted by Crippen LogP contribution is -1.95. The van der Waals surface area contributed by atoms with Crippen LogP contribution in [0.2, 0.25) is 0 Å². The van der Waals surface area contributed by atoms with Gasteiger partial charge in [0.2, 0.25) is 0 Å². The van der Waals surface area contributed by atoms with Gasteiger partial charge in [-0.1, -0.05) is 18.2 Å². The van der Waals surface area contributed by atoms with Crippen molar-refractivity contribution in [3.63, 3.8) is 0 Å². The van der Waals surface area contributed by atoms with Gasteiger partial charge < -0.3 is 16.5 Å². The molecule has 0 radical (unpaired) electrons. The zero-order chi connectivity index (χ0) is 10.4. The predicted octanol–water partition coefficient (Wildman–Crippen LogP) is 1.88. The van der Waals surface area contributed by atoms with Crippen LogP contribution in [0.1, 0.15) is 0 Å². The minimum atomic E-state index is 0.437. The normalized spacial score (nSPS) is 11.2. The van der Waals surface area contributed by atoms with Gasteiger partial charge in [-0.2, -0.15) is 0 Å². The number of aromatic nitrogens is 2. The van der Waals surface area contributed by atoms with Crippen molar-refractivity contribution in [2.75, 3.05) is 11.5 Å². The third kappa shape index (κ3) is 1.05. The third-order valence-corrected chi connectivity index (χ3v) is 2.53. The van der Waals surface area contributed by atoms with Gasteiger partial charge in [0.1, 0.15) is 11.6 Å². The van der Waals surface area contributed by atoms with Crippen LogP contribution in [0.3, 0.4) is 0 Å². The molecule has 0 saturated carbocycles. The van der Waals surface area contributed by atoms with Crippen molar-refractivity contribution in [2.45, 2.75) is 0 Å². The highest BCUT2D eigenvalue weighted by Gasteiger charge is 2.08. The van der Waals surface area contributed by atoms with E-state index in [0.717, 1.165) is 21.8 Å². The van der Waals surface area contributed by atoms with Crippen LogP contribution in [0.25, 0.3) is 21.8 Å². The number of nitrogen functional groups attached to an aromatic ring is 2. The molecular weight excluding hydrogens is 188 g/mol. The zero-order valence-electron chi connectivity index (χ0n) is 7.99. The molecule has 15 heavy (non-hydrogen) atoms. The molecule has 3 aromatic rings. The van der Waals surface area contributed by atoms with E-state index in [1.165, 1.54) is 0 Å². The second-order valence-corrected chi connectivity index (χ2v) is 3.53. The molecule has 0 bridgehead atoms. The number of pyridine rings is 1. The van der Waals surface area contributed by atoms with E-state index in [2.05, 4.69) is 9.97 Å². The summed E-state index contributed by atoms with van der Waals surface area (Å²) in [6, 6.07) is 9.77. The molecule has 1 aromatic carbocycles. The standard InChI is InChI=1S/C11H10N4/c12-9-5-8-10(11(13)15-9)6-3-1-2-4-7(6)14-8/h1-5,14H,(H4,12,13,15). The summed E-state index contributed by atoms with van der Waals surface area (Å²) in [5.41, 5.74) is 13.5. The van der Waals surface area contributed by atoms with E-state index in [1.54, 1.807) is 6.07 Å². The second-order valence-electron chi connectivity index (χ2n) is 3.53. The Balaban J connectivity index is 2.61. The number of rotatable bonds is 0. The number of fused-ring (bicyclic) bond motifs is 3. The first kappa shape index (κ1) is 8.11. The minimum absolute atomic E-state index is 0.437. The number of benzene rings is 1. The first-order chi connectivity index (χ1) is 7.25. The maximum absolute atomic E-state index is 5.86. The fourth-order valence-corrected chi connectivity index (χ4v) is 1.92. The molecule has 0 atom stereocenters. The van der Waals surface area contributed by atoms with Crippen LogP contribution < -0.4 is 11.5 Å². The van der Waals surface area contributed by atoms with Crippen LogP contribution in [0.4, 0.5) is 11.6 Å². The van der Waals surface area contributed by atoms with Gasteiger partial charge in [-0.15, -0.1) is 0 Å². The summed E-state index contributed by atoms with van der Waals surface area (Å²) in [7, 11) is 0. The molecule has 0 unspecified atom stereocenters. The van der Waals surface area contributed by atoms with E-state index >= 15 is 0 Å². The van der Waals surface area contributed by atoms with Crippen molar-refractivity contribution in [3.8, 4) is 0 Å². The average Bonchev–Trinajstić information content (AvgIpc) is 2.54. The van der Waals surface area contributed by atoms with Crippen molar-refractivity contribution in [1.29, 1.82) is 0 Å². The number of nitrogens with two attached hydrogens (primary N) is 2. The van der Waals surface area contributed by atoms with Crippen LogP contribution in [0, 0.1) is 0 Å².